The van der Waals surface area contributed by atoms with Gasteiger partial charge in [-0.15, -0.1) is 0 Å². The maximum absolute atomic E-state index is 5.14. The molecule has 1 N–H and O–H groups in total. The summed E-state index contributed by atoms with van der Waals surface area (Å²) in [6.45, 7) is 1.81. The second-order valence-corrected chi connectivity index (χ2v) is 3.83. The number of nitrogens with one attached hydrogen (secondary N) is 1. The van der Waals surface area contributed by atoms with Crippen molar-refractivity contribution in [1.82, 2.24) is 15.1 Å². The third-order valence-corrected chi connectivity index (χ3v) is 2.88. The highest BCUT2D eigenvalue weighted by Gasteiger charge is 2.16. The second kappa shape index (κ2) is 3.64. The number of rotatable bonds is 2. The highest BCUT2D eigenvalue weighted by atomic mass is 16.5. The smallest absolute Gasteiger partial charge is 0.119 e. The van der Waals surface area contributed by atoms with Crippen LogP contribution in [0.1, 0.15) is 11.3 Å². The summed E-state index contributed by atoms with van der Waals surface area (Å²) in [5.41, 5.74) is 3.62. The lowest BCUT2D eigenvalue weighted by Gasteiger charge is -2.06. The SMILES string of the molecule is COc1ccc(-n2ncc3c2CNC3)cc1. The summed E-state index contributed by atoms with van der Waals surface area (Å²) in [4.78, 5) is 0. The standard InChI is InChI=1S/C12H13N3O/c1-16-11-4-2-10(3-5-11)15-12-8-13-6-9(12)7-14-15/h2-5,7,13H,6,8H2,1H3. The van der Waals surface area contributed by atoms with Gasteiger partial charge in [-0.1, -0.05) is 0 Å². The van der Waals surface area contributed by atoms with Crippen molar-refractivity contribution >= 4 is 0 Å². The van der Waals surface area contributed by atoms with Crippen molar-refractivity contribution < 1.29 is 4.74 Å². The summed E-state index contributed by atoms with van der Waals surface area (Å²) in [5.74, 6) is 0.866. The fourth-order valence-electron chi connectivity index (χ4n) is 2.01. The Morgan fingerprint density at radius 1 is 1.25 bits per heavy atom. The molecule has 0 unspecified atom stereocenters. The van der Waals surface area contributed by atoms with E-state index in [-0.39, 0.29) is 0 Å². The van der Waals surface area contributed by atoms with Gasteiger partial charge in [0.1, 0.15) is 5.75 Å². The molecule has 2 heterocycles. The molecule has 0 saturated carbocycles. The Kier molecular flexibility index (Phi) is 2.15. The Bertz CT molecular complexity index is 501. The normalized spacial score (nSPS) is 13.8. The van der Waals surface area contributed by atoms with Gasteiger partial charge in [-0.05, 0) is 24.3 Å². The van der Waals surface area contributed by atoms with Crippen LogP contribution in [0, 0.1) is 0 Å². The molecule has 0 spiro atoms. The number of fused-ring (bicyclic) bond motifs is 1. The van der Waals surface area contributed by atoms with Crippen LogP contribution in [-0.4, -0.2) is 16.9 Å². The minimum Gasteiger partial charge on any atom is -0.497 e. The van der Waals surface area contributed by atoms with Gasteiger partial charge in [0.2, 0.25) is 0 Å². The number of methoxy groups -OCH3 is 1. The average Bonchev–Trinajstić information content (AvgIpc) is 2.91. The number of hydrogen-bond donors (Lipinski definition) is 1. The lowest BCUT2D eigenvalue weighted by Crippen LogP contribution is -2.07. The molecule has 0 aliphatic carbocycles. The van der Waals surface area contributed by atoms with Crippen molar-refractivity contribution in [3.05, 3.63) is 41.7 Å². The van der Waals surface area contributed by atoms with Gasteiger partial charge in [-0.2, -0.15) is 5.10 Å². The molecule has 0 radical (unpaired) electrons. The van der Waals surface area contributed by atoms with Gasteiger partial charge in [-0.25, -0.2) is 4.68 Å². The Balaban J connectivity index is 2.01. The molecule has 0 amide bonds. The summed E-state index contributed by atoms with van der Waals surface area (Å²) in [6.07, 6.45) is 1.93. The van der Waals surface area contributed by atoms with Crippen LogP contribution in [0.2, 0.25) is 0 Å². The topological polar surface area (TPSA) is 39.1 Å². The van der Waals surface area contributed by atoms with Gasteiger partial charge in [0, 0.05) is 18.7 Å². The lowest BCUT2D eigenvalue weighted by atomic mass is 10.2. The number of nitrogens with zero attached hydrogens (tertiary/aromatic N) is 2. The van der Waals surface area contributed by atoms with Crippen molar-refractivity contribution in [2.45, 2.75) is 13.1 Å². The van der Waals surface area contributed by atoms with E-state index in [0.717, 1.165) is 24.5 Å². The first kappa shape index (κ1) is 9.42. The lowest BCUT2D eigenvalue weighted by molar-refractivity contribution is 0.414. The van der Waals surface area contributed by atoms with Crippen molar-refractivity contribution in [3.8, 4) is 11.4 Å². The zero-order chi connectivity index (χ0) is 11.0. The number of aromatic nitrogens is 2. The molecule has 0 saturated heterocycles. The largest absolute Gasteiger partial charge is 0.497 e. The summed E-state index contributed by atoms with van der Waals surface area (Å²) in [5, 5.41) is 7.71. The molecular weight excluding hydrogens is 202 g/mol. The predicted molar refractivity (Wildman–Crippen MR) is 60.7 cm³/mol. The quantitative estimate of drug-likeness (QED) is 0.824. The fraction of sp³-hybridized carbons (Fsp3) is 0.250. The molecule has 82 valence electrons. The molecule has 4 nitrogen and oxygen atoms in total. The first-order valence-corrected chi connectivity index (χ1v) is 5.29. The number of ether oxygens (including phenoxy) is 1. The summed E-state index contributed by atoms with van der Waals surface area (Å²) >= 11 is 0. The summed E-state index contributed by atoms with van der Waals surface area (Å²) in [7, 11) is 1.67. The molecule has 4 heteroatoms. The molecule has 1 aliphatic rings. The molecule has 1 aromatic heterocycles. The van der Waals surface area contributed by atoms with E-state index >= 15 is 0 Å². The summed E-state index contributed by atoms with van der Waals surface area (Å²) in [6, 6.07) is 7.94. The molecule has 1 aliphatic heterocycles. The molecular formula is C12H13N3O. The van der Waals surface area contributed by atoms with E-state index in [0.29, 0.717) is 0 Å². The zero-order valence-electron chi connectivity index (χ0n) is 9.10. The van der Waals surface area contributed by atoms with Crippen molar-refractivity contribution in [1.29, 1.82) is 0 Å². The van der Waals surface area contributed by atoms with Gasteiger partial charge in [0.05, 0.1) is 24.7 Å². The molecule has 0 bridgehead atoms. The van der Waals surface area contributed by atoms with E-state index in [9.17, 15) is 0 Å². The maximum Gasteiger partial charge on any atom is 0.119 e. The van der Waals surface area contributed by atoms with Gasteiger partial charge in [0.15, 0.2) is 0 Å². The highest BCUT2D eigenvalue weighted by Crippen LogP contribution is 2.20. The van der Waals surface area contributed by atoms with Crippen molar-refractivity contribution in [2.75, 3.05) is 7.11 Å². The third-order valence-electron chi connectivity index (χ3n) is 2.88. The van der Waals surface area contributed by atoms with Crippen molar-refractivity contribution in [2.24, 2.45) is 0 Å². The molecule has 0 fully saturated rings. The fourth-order valence-corrected chi connectivity index (χ4v) is 2.01. The molecule has 3 rings (SSSR count). The van der Waals surface area contributed by atoms with Crippen LogP contribution in [0.15, 0.2) is 30.5 Å². The van der Waals surface area contributed by atoms with Crippen LogP contribution >= 0.6 is 0 Å². The van der Waals surface area contributed by atoms with Crippen LogP contribution in [0.25, 0.3) is 5.69 Å². The molecule has 1 aromatic carbocycles. The van der Waals surface area contributed by atoms with Gasteiger partial charge >= 0.3 is 0 Å². The van der Waals surface area contributed by atoms with Crippen LogP contribution in [0.4, 0.5) is 0 Å². The van der Waals surface area contributed by atoms with E-state index in [4.69, 9.17) is 4.74 Å². The second-order valence-electron chi connectivity index (χ2n) is 3.83. The van der Waals surface area contributed by atoms with Gasteiger partial charge < -0.3 is 10.1 Å². The van der Waals surface area contributed by atoms with Gasteiger partial charge in [0.25, 0.3) is 0 Å². The van der Waals surface area contributed by atoms with E-state index in [1.54, 1.807) is 7.11 Å². The van der Waals surface area contributed by atoms with Crippen LogP contribution < -0.4 is 10.1 Å². The Morgan fingerprint density at radius 3 is 2.81 bits per heavy atom. The number of benzene rings is 1. The summed E-state index contributed by atoms with van der Waals surface area (Å²) < 4.78 is 7.12. The Labute approximate surface area is 93.8 Å². The Hall–Kier alpha value is -1.81. The minimum absolute atomic E-state index is 0.866. The number of hydrogen-bond acceptors (Lipinski definition) is 3. The van der Waals surface area contributed by atoms with E-state index in [1.807, 2.05) is 35.1 Å². The maximum atomic E-state index is 5.14. The van der Waals surface area contributed by atoms with E-state index < -0.39 is 0 Å². The average molecular weight is 215 g/mol. The van der Waals surface area contributed by atoms with Crippen LogP contribution in [0.3, 0.4) is 0 Å². The third kappa shape index (κ3) is 1.39. The minimum atomic E-state index is 0.866. The van der Waals surface area contributed by atoms with E-state index in [1.165, 1.54) is 11.3 Å². The predicted octanol–water partition coefficient (Wildman–Crippen LogP) is 1.48. The monoisotopic (exact) mass is 215 g/mol. The van der Waals surface area contributed by atoms with Crippen LogP contribution in [0.5, 0.6) is 5.75 Å². The molecule has 0 atom stereocenters. The Morgan fingerprint density at radius 2 is 2.06 bits per heavy atom. The van der Waals surface area contributed by atoms with Crippen molar-refractivity contribution in [3.63, 3.8) is 0 Å². The first-order chi connectivity index (χ1) is 7.88. The highest BCUT2D eigenvalue weighted by molar-refractivity contribution is 5.40. The molecule has 2 aromatic rings. The van der Waals surface area contributed by atoms with Crippen LogP contribution in [-0.2, 0) is 13.1 Å². The van der Waals surface area contributed by atoms with Gasteiger partial charge in [-0.3, -0.25) is 0 Å². The zero-order valence-corrected chi connectivity index (χ0v) is 9.10. The first-order valence-electron chi connectivity index (χ1n) is 5.29. The van der Waals surface area contributed by atoms with E-state index in [2.05, 4.69) is 10.4 Å². The molecule has 16 heavy (non-hydrogen) atoms.